The Morgan fingerprint density at radius 2 is 1.61 bits per heavy atom. The molecule has 3 aromatic carbocycles. The summed E-state index contributed by atoms with van der Waals surface area (Å²) in [7, 11) is 0. The smallest absolute Gasteiger partial charge is 0.193 e. The van der Waals surface area contributed by atoms with E-state index in [1.807, 2.05) is 44.2 Å². The minimum absolute atomic E-state index is 0.0114. The Morgan fingerprint density at radius 1 is 0.972 bits per heavy atom. The molecule has 1 aliphatic heterocycles. The van der Waals surface area contributed by atoms with Crippen LogP contribution in [0, 0.1) is 5.82 Å². The first-order chi connectivity index (χ1) is 17.0. The Bertz CT molecular complexity index is 1340. The van der Waals surface area contributed by atoms with E-state index in [1.54, 1.807) is 12.1 Å². The second kappa shape index (κ2) is 8.69. The third-order valence-corrected chi connectivity index (χ3v) is 7.67. The van der Waals surface area contributed by atoms with Gasteiger partial charge in [0.25, 0.3) is 0 Å². The van der Waals surface area contributed by atoms with E-state index < -0.39 is 5.60 Å². The monoisotopic (exact) mass is 484 g/mol. The van der Waals surface area contributed by atoms with Crippen LogP contribution in [0.2, 0.25) is 0 Å². The second-order valence-corrected chi connectivity index (χ2v) is 11.6. The maximum absolute atomic E-state index is 14.2. The quantitative estimate of drug-likeness (QED) is 0.352. The molecule has 0 aromatic heterocycles. The average Bonchev–Trinajstić information content (AvgIpc) is 2.81. The van der Waals surface area contributed by atoms with Gasteiger partial charge in [0.2, 0.25) is 0 Å². The van der Waals surface area contributed by atoms with Gasteiger partial charge in [0.15, 0.2) is 11.6 Å². The fourth-order valence-electron chi connectivity index (χ4n) is 5.41. The summed E-state index contributed by atoms with van der Waals surface area (Å²) in [5, 5.41) is 0. The van der Waals surface area contributed by atoms with E-state index in [0.717, 1.165) is 30.4 Å². The highest BCUT2D eigenvalue weighted by Gasteiger charge is 2.47. The van der Waals surface area contributed by atoms with Gasteiger partial charge in [-0.05, 0) is 65.5 Å². The normalized spacial score (nSPS) is 16.5. The molecule has 1 aliphatic carbocycles. The fraction of sp³-hybridized carbons (Fsp3) is 0.375. The molecule has 0 bridgehead atoms. The van der Waals surface area contributed by atoms with Crippen molar-refractivity contribution < 1.29 is 18.7 Å². The minimum atomic E-state index is -0.424. The lowest BCUT2D eigenvalue weighted by molar-refractivity contribution is -0.0176. The molecule has 0 amide bonds. The number of hydrogen-bond acceptors (Lipinski definition) is 3. The van der Waals surface area contributed by atoms with Crippen molar-refractivity contribution in [1.29, 1.82) is 0 Å². The highest BCUT2D eigenvalue weighted by Crippen LogP contribution is 2.49. The number of benzene rings is 3. The van der Waals surface area contributed by atoms with Crippen molar-refractivity contribution in [3.8, 4) is 16.9 Å². The fourth-order valence-corrected chi connectivity index (χ4v) is 5.41. The summed E-state index contributed by atoms with van der Waals surface area (Å²) < 4.78 is 20.4. The molecule has 1 heterocycles. The molecule has 4 heteroatoms. The van der Waals surface area contributed by atoms with Gasteiger partial charge in [0, 0.05) is 16.7 Å². The van der Waals surface area contributed by atoms with Crippen LogP contribution in [0.3, 0.4) is 0 Å². The molecule has 1 fully saturated rings. The van der Waals surface area contributed by atoms with E-state index in [4.69, 9.17) is 4.74 Å². The topological polar surface area (TPSA) is 43.4 Å². The zero-order valence-corrected chi connectivity index (χ0v) is 21.7. The number of Topliss-reactive ketones (excluding diaryl/α,β-unsaturated/α-hetero) is 1. The van der Waals surface area contributed by atoms with Crippen molar-refractivity contribution in [3.05, 3.63) is 88.2 Å². The Morgan fingerprint density at radius 3 is 2.14 bits per heavy atom. The lowest BCUT2D eigenvalue weighted by atomic mass is 9.72. The van der Waals surface area contributed by atoms with Crippen molar-refractivity contribution >= 4 is 11.6 Å². The number of rotatable bonds is 4. The van der Waals surface area contributed by atoms with Crippen molar-refractivity contribution in [3.63, 3.8) is 0 Å². The molecule has 0 N–H and O–H groups in total. The maximum atomic E-state index is 14.2. The summed E-state index contributed by atoms with van der Waals surface area (Å²) in [4.78, 5) is 27.8. The van der Waals surface area contributed by atoms with Crippen LogP contribution in [0.4, 0.5) is 4.39 Å². The highest BCUT2D eigenvalue weighted by molar-refractivity contribution is 6.18. The Hall–Kier alpha value is -3.27. The van der Waals surface area contributed by atoms with Crippen LogP contribution in [0.5, 0.6) is 5.75 Å². The molecule has 0 saturated heterocycles. The summed E-state index contributed by atoms with van der Waals surface area (Å²) in [5.41, 5.74) is 4.23. The molecule has 0 radical (unpaired) electrons. The summed E-state index contributed by atoms with van der Waals surface area (Å²) >= 11 is 0. The number of fused-ring (bicyclic) bond motifs is 1. The molecular formula is C32H33FO3. The third-order valence-electron chi connectivity index (χ3n) is 7.67. The van der Waals surface area contributed by atoms with Gasteiger partial charge < -0.3 is 4.74 Å². The molecule has 36 heavy (non-hydrogen) atoms. The third kappa shape index (κ3) is 4.17. The predicted octanol–water partition coefficient (Wildman–Crippen LogP) is 8.03. The molecule has 1 saturated carbocycles. The van der Waals surface area contributed by atoms with Crippen LogP contribution in [-0.2, 0) is 5.41 Å². The van der Waals surface area contributed by atoms with Gasteiger partial charge in [0.1, 0.15) is 17.2 Å². The van der Waals surface area contributed by atoms with E-state index >= 15 is 0 Å². The molecule has 0 unspecified atom stereocenters. The molecular weight excluding hydrogens is 451 g/mol. The van der Waals surface area contributed by atoms with E-state index in [1.165, 1.54) is 12.1 Å². The zero-order chi connectivity index (χ0) is 25.8. The standard InChI is InChI=1S/C32H33FO3/c1-19(2)24-17-26-29(25(34)18-32(36-26)15-6-16-32)27(20-9-13-23(33)14-10-20)28(24)30(35)21-7-11-22(12-8-21)31(3,4)5/h7-14,17,19H,6,15-16,18H2,1-5H3. The van der Waals surface area contributed by atoms with E-state index in [-0.39, 0.29) is 28.7 Å². The SMILES string of the molecule is CC(C)c1cc2c(c(-c3ccc(F)cc3)c1C(=O)c1ccc(C(C)(C)C)cc1)C(=O)CC1(CCC1)O2. The van der Waals surface area contributed by atoms with Crippen LogP contribution >= 0.6 is 0 Å². The molecule has 3 aromatic rings. The van der Waals surface area contributed by atoms with Gasteiger partial charge >= 0.3 is 0 Å². The van der Waals surface area contributed by atoms with Gasteiger partial charge in [-0.2, -0.15) is 0 Å². The summed E-state index contributed by atoms with van der Waals surface area (Å²) in [6.45, 7) is 10.5. The van der Waals surface area contributed by atoms with Crippen LogP contribution in [0.1, 0.15) is 104 Å². The summed E-state index contributed by atoms with van der Waals surface area (Å²) in [6.07, 6.45) is 3.08. The van der Waals surface area contributed by atoms with Crippen molar-refractivity contribution in [2.24, 2.45) is 0 Å². The second-order valence-electron chi connectivity index (χ2n) is 11.6. The number of hydrogen-bond donors (Lipinski definition) is 0. The van der Waals surface area contributed by atoms with Crippen molar-refractivity contribution in [2.45, 2.75) is 77.2 Å². The molecule has 2 aliphatic rings. The van der Waals surface area contributed by atoms with E-state index in [9.17, 15) is 14.0 Å². The number of carbonyl (C=O) groups is 2. The van der Waals surface area contributed by atoms with Gasteiger partial charge in [-0.15, -0.1) is 0 Å². The van der Waals surface area contributed by atoms with Gasteiger partial charge in [0.05, 0.1) is 12.0 Å². The number of halogens is 1. The van der Waals surface area contributed by atoms with Crippen molar-refractivity contribution in [2.75, 3.05) is 0 Å². The lowest BCUT2D eigenvalue weighted by Gasteiger charge is -2.45. The first-order valence-electron chi connectivity index (χ1n) is 12.8. The molecule has 5 rings (SSSR count). The van der Waals surface area contributed by atoms with Crippen LogP contribution in [0.25, 0.3) is 11.1 Å². The van der Waals surface area contributed by atoms with Crippen LogP contribution < -0.4 is 4.74 Å². The van der Waals surface area contributed by atoms with Crippen LogP contribution in [0.15, 0.2) is 54.6 Å². The number of ketones is 2. The van der Waals surface area contributed by atoms with E-state index in [2.05, 4.69) is 20.8 Å². The Kier molecular flexibility index (Phi) is 5.89. The lowest BCUT2D eigenvalue weighted by Crippen LogP contribution is -2.48. The maximum Gasteiger partial charge on any atom is 0.193 e. The number of ether oxygens (including phenoxy) is 1. The molecule has 186 valence electrons. The van der Waals surface area contributed by atoms with Gasteiger partial charge in [-0.1, -0.05) is 71.0 Å². The van der Waals surface area contributed by atoms with Gasteiger partial charge in [-0.3, -0.25) is 9.59 Å². The zero-order valence-electron chi connectivity index (χ0n) is 21.7. The van der Waals surface area contributed by atoms with E-state index in [0.29, 0.717) is 40.0 Å². The largest absolute Gasteiger partial charge is 0.486 e. The Balaban J connectivity index is 1.75. The molecule has 1 spiro atoms. The minimum Gasteiger partial charge on any atom is -0.486 e. The predicted molar refractivity (Wildman–Crippen MR) is 141 cm³/mol. The van der Waals surface area contributed by atoms with Gasteiger partial charge in [-0.25, -0.2) is 4.39 Å². The number of carbonyl (C=O) groups excluding carboxylic acids is 2. The average molecular weight is 485 g/mol. The summed E-state index contributed by atoms with van der Waals surface area (Å²) in [6, 6.07) is 15.7. The van der Waals surface area contributed by atoms with Crippen molar-refractivity contribution in [1.82, 2.24) is 0 Å². The first kappa shape index (κ1) is 24.4. The summed E-state index contributed by atoms with van der Waals surface area (Å²) in [5.74, 6) is 0.0453. The Labute approximate surface area is 212 Å². The van der Waals surface area contributed by atoms with Crippen LogP contribution in [-0.4, -0.2) is 17.2 Å². The molecule has 3 nitrogen and oxygen atoms in total. The highest BCUT2D eigenvalue weighted by atomic mass is 19.1. The molecule has 0 atom stereocenters. The first-order valence-corrected chi connectivity index (χ1v) is 12.8.